The van der Waals surface area contributed by atoms with Gasteiger partial charge < -0.3 is 4.74 Å². The van der Waals surface area contributed by atoms with Crippen molar-refractivity contribution in [1.82, 2.24) is 0 Å². The van der Waals surface area contributed by atoms with Crippen LogP contribution >= 0.6 is 15.9 Å². The fraction of sp³-hybridized carbons (Fsp3) is 0.400. The minimum absolute atomic E-state index is 0.171. The molecule has 0 amide bonds. The van der Waals surface area contributed by atoms with Crippen LogP contribution in [-0.2, 0) is 0 Å². The average molecular weight is 265 g/mol. The van der Waals surface area contributed by atoms with E-state index in [0.29, 0.717) is 10.4 Å². The van der Waals surface area contributed by atoms with Gasteiger partial charge in [0.05, 0.1) is 4.47 Å². The number of halogens is 3. The van der Waals surface area contributed by atoms with Gasteiger partial charge >= 0.3 is 6.61 Å². The molecule has 0 radical (unpaired) electrons. The van der Waals surface area contributed by atoms with Crippen molar-refractivity contribution in [3.63, 3.8) is 0 Å². The third-order valence-corrected chi connectivity index (χ3v) is 2.46. The summed E-state index contributed by atoms with van der Waals surface area (Å²) in [4.78, 5) is 0. The summed E-state index contributed by atoms with van der Waals surface area (Å²) in [7, 11) is 0. The molecule has 0 aliphatic carbocycles. The van der Waals surface area contributed by atoms with Crippen LogP contribution < -0.4 is 4.74 Å². The van der Waals surface area contributed by atoms with Crippen LogP contribution in [0, 0.1) is 0 Å². The molecule has 0 saturated carbocycles. The monoisotopic (exact) mass is 264 g/mol. The summed E-state index contributed by atoms with van der Waals surface area (Å²) in [6.07, 6.45) is 0. The van der Waals surface area contributed by atoms with E-state index >= 15 is 0 Å². The Morgan fingerprint density at radius 1 is 1.29 bits per heavy atom. The molecule has 0 unspecified atom stereocenters. The van der Waals surface area contributed by atoms with Crippen molar-refractivity contribution in [3.05, 3.63) is 28.2 Å². The number of ether oxygens (including phenoxy) is 1. The second-order valence-electron chi connectivity index (χ2n) is 3.22. The van der Waals surface area contributed by atoms with Gasteiger partial charge in [-0.25, -0.2) is 0 Å². The van der Waals surface area contributed by atoms with Crippen molar-refractivity contribution in [2.75, 3.05) is 0 Å². The van der Waals surface area contributed by atoms with Crippen LogP contribution in [0.2, 0.25) is 0 Å². The van der Waals surface area contributed by atoms with E-state index in [1.54, 1.807) is 18.2 Å². The summed E-state index contributed by atoms with van der Waals surface area (Å²) < 4.78 is 28.7. The average Bonchev–Trinajstić information content (AvgIpc) is 2.07. The maximum atomic E-state index is 11.9. The Morgan fingerprint density at radius 2 is 1.93 bits per heavy atom. The zero-order chi connectivity index (χ0) is 10.7. The molecule has 0 spiro atoms. The first-order valence-electron chi connectivity index (χ1n) is 4.25. The lowest BCUT2D eigenvalue weighted by atomic mass is 10.0. The van der Waals surface area contributed by atoms with E-state index in [0.717, 1.165) is 5.56 Å². The molecule has 0 aromatic heterocycles. The molecule has 14 heavy (non-hydrogen) atoms. The highest BCUT2D eigenvalue weighted by molar-refractivity contribution is 9.10. The second-order valence-corrected chi connectivity index (χ2v) is 4.08. The third-order valence-electron chi connectivity index (χ3n) is 1.84. The van der Waals surface area contributed by atoms with Crippen molar-refractivity contribution in [1.29, 1.82) is 0 Å². The van der Waals surface area contributed by atoms with E-state index in [9.17, 15) is 8.78 Å². The highest BCUT2D eigenvalue weighted by atomic mass is 79.9. The largest absolute Gasteiger partial charge is 0.434 e. The van der Waals surface area contributed by atoms with Gasteiger partial charge in [-0.3, -0.25) is 0 Å². The summed E-state index contributed by atoms with van der Waals surface area (Å²) in [6.45, 7) is 1.29. The van der Waals surface area contributed by atoms with Crippen molar-refractivity contribution >= 4 is 15.9 Å². The van der Waals surface area contributed by atoms with Gasteiger partial charge in [-0.2, -0.15) is 8.78 Å². The van der Waals surface area contributed by atoms with Crippen LogP contribution in [0.25, 0.3) is 0 Å². The van der Waals surface area contributed by atoms with Crippen molar-refractivity contribution in [2.24, 2.45) is 0 Å². The Labute approximate surface area is 90.2 Å². The first-order valence-corrected chi connectivity index (χ1v) is 5.04. The van der Waals surface area contributed by atoms with E-state index in [1.165, 1.54) is 0 Å². The Kier molecular flexibility index (Phi) is 3.86. The number of hydrogen-bond donors (Lipinski definition) is 0. The summed E-state index contributed by atoms with van der Waals surface area (Å²) in [5.41, 5.74) is 1.08. The van der Waals surface area contributed by atoms with Crippen molar-refractivity contribution in [3.8, 4) is 5.75 Å². The zero-order valence-corrected chi connectivity index (χ0v) is 9.51. The molecule has 0 bridgehead atoms. The smallest absolute Gasteiger partial charge is 0.387 e. The first-order chi connectivity index (χ1) is 6.50. The van der Waals surface area contributed by atoms with Gasteiger partial charge in [0.15, 0.2) is 0 Å². The van der Waals surface area contributed by atoms with Gasteiger partial charge in [-0.1, -0.05) is 19.9 Å². The molecule has 0 aliphatic rings. The first kappa shape index (κ1) is 11.4. The predicted molar refractivity (Wildman–Crippen MR) is 54.9 cm³/mol. The number of benzene rings is 1. The standard InChI is InChI=1S/C10H11BrF2O/c1-6(2)7-3-4-9(8(11)5-7)14-10(12)13/h3-6,10H,1-2H3. The van der Waals surface area contributed by atoms with Crippen LogP contribution in [0.5, 0.6) is 5.75 Å². The molecular formula is C10H11BrF2O. The van der Waals surface area contributed by atoms with Gasteiger partial charge in [0.2, 0.25) is 0 Å². The molecule has 4 heteroatoms. The molecule has 0 N–H and O–H groups in total. The van der Waals surface area contributed by atoms with Gasteiger partial charge in [0, 0.05) is 0 Å². The van der Waals surface area contributed by atoms with E-state index in [-0.39, 0.29) is 5.75 Å². The fourth-order valence-electron chi connectivity index (χ4n) is 1.07. The molecular weight excluding hydrogens is 254 g/mol. The SMILES string of the molecule is CC(C)c1ccc(OC(F)F)c(Br)c1. The van der Waals surface area contributed by atoms with Crippen LogP contribution in [0.15, 0.2) is 22.7 Å². The van der Waals surface area contributed by atoms with Crippen LogP contribution in [-0.4, -0.2) is 6.61 Å². The Bertz CT molecular complexity index is 313. The number of hydrogen-bond acceptors (Lipinski definition) is 1. The van der Waals surface area contributed by atoms with Gasteiger partial charge in [-0.05, 0) is 39.5 Å². The topological polar surface area (TPSA) is 9.23 Å². The zero-order valence-electron chi connectivity index (χ0n) is 7.93. The normalized spacial score (nSPS) is 11.1. The number of rotatable bonds is 3. The van der Waals surface area contributed by atoms with E-state index in [1.807, 2.05) is 13.8 Å². The number of alkyl halides is 2. The Morgan fingerprint density at radius 3 is 2.36 bits per heavy atom. The molecule has 0 aliphatic heterocycles. The van der Waals surface area contributed by atoms with Gasteiger partial charge in [0.1, 0.15) is 5.75 Å². The summed E-state index contributed by atoms with van der Waals surface area (Å²) in [5.74, 6) is 0.538. The van der Waals surface area contributed by atoms with Gasteiger partial charge in [0.25, 0.3) is 0 Å². The lowest BCUT2D eigenvalue weighted by Crippen LogP contribution is -2.02. The molecule has 1 rings (SSSR count). The molecule has 0 saturated heterocycles. The lowest BCUT2D eigenvalue weighted by molar-refractivity contribution is -0.0503. The van der Waals surface area contributed by atoms with Crippen molar-refractivity contribution < 1.29 is 13.5 Å². The highest BCUT2D eigenvalue weighted by Crippen LogP contribution is 2.29. The molecule has 0 heterocycles. The molecule has 1 nitrogen and oxygen atoms in total. The summed E-state index contributed by atoms with van der Waals surface area (Å²) in [6, 6.07) is 5.13. The molecule has 0 fully saturated rings. The molecule has 1 aromatic rings. The Hall–Kier alpha value is -0.640. The van der Waals surface area contributed by atoms with E-state index in [4.69, 9.17) is 0 Å². The molecule has 0 atom stereocenters. The summed E-state index contributed by atoms with van der Waals surface area (Å²) in [5, 5.41) is 0. The molecule has 78 valence electrons. The van der Waals surface area contributed by atoms with Crippen LogP contribution in [0.4, 0.5) is 8.78 Å². The Balaban J connectivity index is 2.90. The van der Waals surface area contributed by atoms with Crippen molar-refractivity contribution in [2.45, 2.75) is 26.4 Å². The van der Waals surface area contributed by atoms with E-state index in [2.05, 4.69) is 20.7 Å². The van der Waals surface area contributed by atoms with Crippen LogP contribution in [0.1, 0.15) is 25.3 Å². The third kappa shape index (κ3) is 2.94. The van der Waals surface area contributed by atoms with Crippen LogP contribution in [0.3, 0.4) is 0 Å². The maximum absolute atomic E-state index is 11.9. The molecule has 1 aromatic carbocycles. The highest BCUT2D eigenvalue weighted by Gasteiger charge is 2.09. The lowest BCUT2D eigenvalue weighted by Gasteiger charge is -2.10. The minimum atomic E-state index is -2.78. The van der Waals surface area contributed by atoms with Gasteiger partial charge in [-0.15, -0.1) is 0 Å². The summed E-state index contributed by atoms with van der Waals surface area (Å²) >= 11 is 3.19. The minimum Gasteiger partial charge on any atom is -0.434 e. The predicted octanol–water partition coefficient (Wildman–Crippen LogP) is 4.17. The maximum Gasteiger partial charge on any atom is 0.387 e. The fourth-order valence-corrected chi connectivity index (χ4v) is 1.56. The van der Waals surface area contributed by atoms with E-state index < -0.39 is 6.61 Å². The second kappa shape index (κ2) is 4.73. The quantitative estimate of drug-likeness (QED) is 0.796.